The van der Waals surface area contributed by atoms with Crippen molar-refractivity contribution in [1.82, 2.24) is 9.97 Å². The van der Waals surface area contributed by atoms with E-state index in [1.165, 1.54) is 0 Å². The van der Waals surface area contributed by atoms with Crippen LogP contribution in [0.4, 0.5) is 5.95 Å². The monoisotopic (exact) mass is 281 g/mol. The fourth-order valence-corrected chi connectivity index (χ4v) is 1.59. The lowest BCUT2D eigenvalue weighted by Crippen LogP contribution is -2.12. The molecular formula is C14H23N3O3. The quantitative estimate of drug-likeness (QED) is 0.582. The minimum atomic E-state index is -0.178. The Morgan fingerprint density at radius 1 is 1.40 bits per heavy atom. The van der Waals surface area contributed by atoms with Gasteiger partial charge in [-0.2, -0.15) is 4.98 Å². The number of aryl methyl sites for hydroxylation is 1. The van der Waals surface area contributed by atoms with Crippen molar-refractivity contribution in [2.24, 2.45) is 0 Å². The Labute approximate surface area is 119 Å². The van der Waals surface area contributed by atoms with Crippen molar-refractivity contribution in [3.63, 3.8) is 0 Å². The first-order chi connectivity index (χ1) is 9.51. The first-order valence-electron chi connectivity index (χ1n) is 6.93. The lowest BCUT2D eigenvalue weighted by atomic mass is 10.3. The van der Waals surface area contributed by atoms with Gasteiger partial charge in [0.05, 0.1) is 12.7 Å². The van der Waals surface area contributed by atoms with Gasteiger partial charge >= 0.3 is 5.97 Å². The van der Waals surface area contributed by atoms with Gasteiger partial charge in [0.2, 0.25) is 11.8 Å². The largest absolute Gasteiger partial charge is 0.475 e. The molecule has 0 saturated heterocycles. The summed E-state index contributed by atoms with van der Waals surface area (Å²) in [6.45, 7) is 8.62. The summed E-state index contributed by atoms with van der Waals surface area (Å²) < 4.78 is 10.4. The molecule has 1 rings (SSSR count). The van der Waals surface area contributed by atoms with Crippen LogP contribution in [-0.2, 0) is 9.53 Å². The zero-order valence-electron chi connectivity index (χ0n) is 12.6. The van der Waals surface area contributed by atoms with Gasteiger partial charge in [0, 0.05) is 24.7 Å². The summed E-state index contributed by atoms with van der Waals surface area (Å²) in [5.41, 5.74) is 0.837. The van der Waals surface area contributed by atoms with Crippen LogP contribution >= 0.6 is 0 Å². The molecule has 1 aromatic heterocycles. The Morgan fingerprint density at radius 3 is 2.80 bits per heavy atom. The van der Waals surface area contributed by atoms with E-state index in [0.29, 0.717) is 37.8 Å². The third kappa shape index (κ3) is 6.36. The maximum atomic E-state index is 11.2. The Hall–Kier alpha value is -1.85. The average Bonchev–Trinajstić information content (AvgIpc) is 2.33. The van der Waals surface area contributed by atoms with Gasteiger partial charge in [0.25, 0.3) is 0 Å². The minimum Gasteiger partial charge on any atom is -0.475 e. The number of anilines is 1. The van der Waals surface area contributed by atoms with Crippen LogP contribution in [0.15, 0.2) is 6.07 Å². The van der Waals surface area contributed by atoms with Gasteiger partial charge in [-0.1, -0.05) is 0 Å². The number of ether oxygens (including phenoxy) is 2. The van der Waals surface area contributed by atoms with Gasteiger partial charge < -0.3 is 14.8 Å². The molecule has 0 spiro atoms. The number of nitrogens with zero attached hydrogens (tertiary/aromatic N) is 2. The maximum absolute atomic E-state index is 11.2. The van der Waals surface area contributed by atoms with Crippen molar-refractivity contribution in [3.05, 3.63) is 11.8 Å². The number of carbonyl (C=O) groups excluding carboxylic acids is 1. The molecule has 6 heteroatoms. The highest BCUT2D eigenvalue weighted by Crippen LogP contribution is 2.13. The van der Waals surface area contributed by atoms with Crippen LogP contribution in [0.1, 0.15) is 39.3 Å². The molecule has 0 aromatic carbocycles. The van der Waals surface area contributed by atoms with E-state index in [2.05, 4.69) is 15.3 Å². The Bertz CT molecular complexity index is 436. The predicted octanol–water partition coefficient (Wildman–Crippen LogP) is 2.33. The molecule has 0 amide bonds. The summed E-state index contributed by atoms with van der Waals surface area (Å²) in [6, 6.07) is 1.80. The molecule has 1 heterocycles. The van der Waals surface area contributed by atoms with Gasteiger partial charge in [0.1, 0.15) is 0 Å². The summed E-state index contributed by atoms with van der Waals surface area (Å²) in [5, 5.41) is 3.09. The molecule has 112 valence electrons. The molecule has 0 aliphatic carbocycles. The highest BCUT2D eigenvalue weighted by molar-refractivity contribution is 5.69. The van der Waals surface area contributed by atoms with E-state index in [0.717, 1.165) is 5.69 Å². The number of nitrogens with one attached hydrogen (secondary N) is 1. The van der Waals surface area contributed by atoms with E-state index in [9.17, 15) is 4.79 Å². The summed E-state index contributed by atoms with van der Waals surface area (Å²) in [7, 11) is 0. The maximum Gasteiger partial charge on any atom is 0.305 e. The van der Waals surface area contributed by atoms with E-state index in [-0.39, 0.29) is 12.1 Å². The van der Waals surface area contributed by atoms with E-state index < -0.39 is 0 Å². The number of esters is 1. The van der Waals surface area contributed by atoms with Crippen molar-refractivity contribution in [2.45, 2.75) is 46.6 Å². The Balaban J connectivity index is 2.43. The fourth-order valence-electron chi connectivity index (χ4n) is 1.59. The van der Waals surface area contributed by atoms with E-state index in [4.69, 9.17) is 9.47 Å². The van der Waals surface area contributed by atoms with E-state index >= 15 is 0 Å². The molecule has 0 bridgehead atoms. The molecule has 0 aliphatic rings. The lowest BCUT2D eigenvalue weighted by molar-refractivity contribution is -0.143. The topological polar surface area (TPSA) is 73.3 Å². The standard InChI is InChI=1S/C14H23N3O3/c1-5-19-13(18)7-6-8-15-14-16-11(4)9-12(17-14)20-10(2)3/h9-10H,5-8H2,1-4H3,(H,15,16,17). The van der Waals surface area contributed by atoms with Crippen molar-refractivity contribution >= 4 is 11.9 Å². The van der Waals surface area contributed by atoms with Crippen molar-refractivity contribution < 1.29 is 14.3 Å². The molecule has 0 unspecified atom stereocenters. The number of hydrogen-bond donors (Lipinski definition) is 1. The van der Waals surface area contributed by atoms with Crippen molar-refractivity contribution in [3.8, 4) is 5.88 Å². The van der Waals surface area contributed by atoms with Gasteiger partial charge in [-0.15, -0.1) is 0 Å². The second-order valence-corrected chi connectivity index (χ2v) is 4.67. The predicted molar refractivity (Wildman–Crippen MR) is 76.9 cm³/mol. The molecule has 20 heavy (non-hydrogen) atoms. The van der Waals surface area contributed by atoms with Gasteiger partial charge in [0.15, 0.2) is 0 Å². The first kappa shape index (κ1) is 16.2. The molecule has 0 atom stereocenters. The smallest absolute Gasteiger partial charge is 0.305 e. The summed E-state index contributed by atoms with van der Waals surface area (Å²) in [6.07, 6.45) is 1.14. The van der Waals surface area contributed by atoms with Crippen LogP contribution in [0, 0.1) is 6.92 Å². The van der Waals surface area contributed by atoms with Crippen molar-refractivity contribution in [2.75, 3.05) is 18.5 Å². The highest BCUT2D eigenvalue weighted by Gasteiger charge is 2.05. The number of aromatic nitrogens is 2. The molecule has 1 aromatic rings. The van der Waals surface area contributed by atoms with Crippen molar-refractivity contribution in [1.29, 1.82) is 0 Å². The van der Waals surface area contributed by atoms with Crippen LogP contribution in [0.5, 0.6) is 5.88 Å². The zero-order valence-corrected chi connectivity index (χ0v) is 12.6. The van der Waals surface area contributed by atoms with Gasteiger partial charge in [-0.25, -0.2) is 4.98 Å². The molecule has 0 radical (unpaired) electrons. The lowest BCUT2D eigenvalue weighted by Gasteiger charge is -2.11. The molecule has 1 N–H and O–H groups in total. The third-order valence-corrected chi connectivity index (χ3v) is 2.33. The van der Waals surface area contributed by atoms with Crippen LogP contribution in [-0.4, -0.2) is 35.2 Å². The summed E-state index contributed by atoms with van der Waals surface area (Å²) >= 11 is 0. The zero-order chi connectivity index (χ0) is 15.0. The first-order valence-corrected chi connectivity index (χ1v) is 6.93. The number of carbonyl (C=O) groups is 1. The highest BCUT2D eigenvalue weighted by atomic mass is 16.5. The molecule has 0 fully saturated rings. The van der Waals surface area contributed by atoms with Crippen LogP contribution < -0.4 is 10.1 Å². The molecule has 0 aliphatic heterocycles. The molecular weight excluding hydrogens is 258 g/mol. The normalized spacial score (nSPS) is 10.4. The second-order valence-electron chi connectivity index (χ2n) is 4.67. The van der Waals surface area contributed by atoms with Gasteiger partial charge in [-0.3, -0.25) is 4.79 Å². The number of hydrogen-bond acceptors (Lipinski definition) is 6. The van der Waals surface area contributed by atoms with Crippen LogP contribution in [0.3, 0.4) is 0 Å². The molecule has 0 saturated carbocycles. The summed E-state index contributed by atoms with van der Waals surface area (Å²) in [5.74, 6) is 0.896. The average molecular weight is 281 g/mol. The van der Waals surface area contributed by atoms with E-state index in [1.807, 2.05) is 20.8 Å². The SMILES string of the molecule is CCOC(=O)CCCNc1nc(C)cc(OC(C)C)n1. The molecule has 6 nitrogen and oxygen atoms in total. The van der Waals surface area contributed by atoms with Crippen LogP contribution in [0.25, 0.3) is 0 Å². The third-order valence-electron chi connectivity index (χ3n) is 2.33. The van der Waals surface area contributed by atoms with Gasteiger partial charge in [-0.05, 0) is 34.1 Å². The Morgan fingerprint density at radius 2 is 2.15 bits per heavy atom. The van der Waals surface area contributed by atoms with E-state index in [1.54, 1.807) is 13.0 Å². The second kappa shape index (κ2) is 8.35. The fraction of sp³-hybridized carbons (Fsp3) is 0.643. The minimum absolute atomic E-state index is 0.0703. The van der Waals surface area contributed by atoms with Crippen LogP contribution in [0.2, 0.25) is 0 Å². The Kier molecular flexibility index (Phi) is 6.76. The summed E-state index contributed by atoms with van der Waals surface area (Å²) in [4.78, 5) is 19.7. The number of rotatable bonds is 8.